The lowest BCUT2D eigenvalue weighted by molar-refractivity contribution is 0.0953. The van der Waals surface area contributed by atoms with Crippen LogP contribution in [0.5, 0.6) is 0 Å². The van der Waals surface area contributed by atoms with Crippen molar-refractivity contribution >= 4 is 11.7 Å². The van der Waals surface area contributed by atoms with Crippen LogP contribution < -0.4 is 10.6 Å². The third-order valence-electron chi connectivity index (χ3n) is 3.99. The zero-order chi connectivity index (χ0) is 15.6. The molecule has 1 amide bonds. The summed E-state index contributed by atoms with van der Waals surface area (Å²) in [5.41, 5.74) is 0.617. The van der Waals surface area contributed by atoms with E-state index in [1.165, 1.54) is 38.8 Å². The topological polar surface area (TPSA) is 57.3 Å². The van der Waals surface area contributed by atoms with Gasteiger partial charge in [0.15, 0.2) is 0 Å². The summed E-state index contributed by atoms with van der Waals surface area (Å²) in [6.07, 6.45) is 7.95. The largest absolute Gasteiger partial charge is 0.369 e. The number of rotatable bonds is 7. The monoisotopic (exact) mass is 304 g/mol. The van der Waals surface area contributed by atoms with Gasteiger partial charge < -0.3 is 15.5 Å². The molecular weight excluding hydrogens is 276 g/mol. The van der Waals surface area contributed by atoms with Crippen LogP contribution in [0.3, 0.4) is 0 Å². The van der Waals surface area contributed by atoms with Gasteiger partial charge in [-0.25, -0.2) is 4.98 Å². The van der Waals surface area contributed by atoms with E-state index in [4.69, 9.17) is 0 Å². The van der Waals surface area contributed by atoms with Crippen LogP contribution in [0.2, 0.25) is 0 Å². The molecule has 1 aliphatic rings. The van der Waals surface area contributed by atoms with Crippen molar-refractivity contribution in [2.24, 2.45) is 0 Å². The molecule has 0 bridgehead atoms. The standard InChI is InChI=1S/C17H28N4O/c1-2-9-19-17(22)15-7-8-16(20-14-15)18-10-13-21-11-5-3-4-6-12-21/h7-8,14H,2-6,9-13H2,1H3,(H,18,20)(H,19,22). The molecular formula is C17H28N4O. The average molecular weight is 304 g/mol. The minimum atomic E-state index is -0.0505. The summed E-state index contributed by atoms with van der Waals surface area (Å²) >= 11 is 0. The van der Waals surface area contributed by atoms with Crippen LogP contribution in [-0.4, -0.2) is 48.5 Å². The summed E-state index contributed by atoms with van der Waals surface area (Å²) in [7, 11) is 0. The lowest BCUT2D eigenvalue weighted by atomic mass is 10.2. The number of nitrogens with zero attached hydrogens (tertiary/aromatic N) is 2. The fourth-order valence-corrected chi connectivity index (χ4v) is 2.68. The quantitative estimate of drug-likeness (QED) is 0.812. The summed E-state index contributed by atoms with van der Waals surface area (Å²) in [5, 5.41) is 6.19. The van der Waals surface area contributed by atoms with E-state index in [0.717, 1.165) is 25.3 Å². The molecule has 1 aromatic heterocycles. The first-order chi connectivity index (χ1) is 10.8. The summed E-state index contributed by atoms with van der Waals surface area (Å²) in [6.45, 7) is 7.12. The molecule has 0 aromatic carbocycles. The van der Waals surface area contributed by atoms with E-state index in [9.17, 15) is 4.79 Å². The zero-order valence-corrected chi connectivity index (χ0v) is 13.6. The van der Waals surface area contributed by atoms with Gasteiger partial charge in [-0.1, -0.05) is 19.8 Å². The second-order valence-corrected chi connectivity index (χ2v) is 5.87. The van der Waals surface area contributed by atoms with Gasteiger partial charge in [0.1, 0.15) is 5.82 Å². The van der Waals surface area contributed by atoms with Crippen molar-refractivity contribution in [2.45, 2.75) is 39.0 Å². The third-order valence-corrected chi connectivity index (χ3v) is 3.99. The van der Waals surface area contributed by atoms with Gasteiger partial charge in [-0.15, -0.1) is 0 Å². The van der Waals surface area contributed by atoms with Crippen LogP contribution in [-0.2, 0) is 0 Å². The third kappa shape index (κ3) is 5.64. The van der Waals surface area contributed by atoms with Gasteiger partial charge in [-0.2, -0.15) is 0 Å². The maximum atomic E-state index is 11.8. The number of nitrogens with one attached hydrogen (secondary N) is 2. The van der Waals surface area contributed by atoms with Crippen molar-refractivity contribution in [2.75, 3.05) is 38.0 Å². The molecule has 0 saturated carbocycles. The van der Waals surface area contributed by atoms with Crippen molar-refractivity contribution < 1.29 is 4.79 Å². The van der Waals surface area contributed by atoms with E-state index in [2.05, 4.69) is 20.5 Å². The van der Waals surface area contributed by atoms with Gasteiger partial charge in [-0.05, 0) is 44.5 Å². The summed E-state index contributed by atoms with van der Waals surface area (Å²) in [5.74, 6) is 0.785. The first-order valence-corrected chi connectivity index (χ1v) is 8.50. The maximum absolute atomic E-state index is 11.8. The number of pyridine rings is 1. The maximum Gasteiger partial charge on any atom is 0.252 e. The van der Waals surface area contributed by atoms with Gasteiger partial charge in [0.2, 0.25) is 0 Å². The smallest absolute Gasteiger partial charge is 0.252 e. The highest BCUT2D eigenvalue weighted by atomic mass is 16.1. The van der Waals surface area contributed by atoms with E-state index >= 15 is 0 Å². The molecule has 2 rings (SSSR count). The molecule has 5 heteroatoms. The lowest BCUT2D eigenvalue weighted by Crippen LogP contribution is -2.30. The molecule has 0 spiro atoms. The molecule has 0 unspecified atom stereocenters. The molecule has 2 N–H and O–H groups in total. The number of carbonyl (C=O) groups excluding carboxylic acids is 1. The number of hydrogen-bond acceptors (Lipinski definition) is 4. The lowest BCUT2D eigenvalue weighted by Gasteiger charge is -2.19. The van der Waals surface area contributed by atoms with E-state index in [0.29, 0.717) is 12.1 Å². The van der Waals surface area contributed by atoms with Gasteiger partial charge in [0.25, 0.3) is 5.91 Å². The van der Waals surface area contributed by atoms with Crippen molar-refractivity contribution in [3.05, 3.63) is 23.9 Å². The van der Waals surface area contributed by atoms with Gasteiger partial charge in [0, 0.05) is 25.8 Å². The molecule has 0 aliphatic carbocycles. The van der Waals surface area contributed by atoms with Gasteiger partial charge >= 0.3 is 0 Å². The van der Waals surface area contributed by atoms with E-state index in [1.54, 1.807) is 6.20 Å². The van der Waals surface area contributed by atoms with Crippen molar-refractivity contribution in [1.82, 2.24) is 15.2 Å². The van der Waals surface area contributed by atoms with Crippen LogP contribution in [0.25, 0.3) is 0 Å². The zero-order valence-electron chi connectivity index (χ0n) is 13.6. The first-order valence-electron chi connectivity index (χ1n) is 8.50. The minimum Gasteiger partial charge on any atom is -0.369 e. The fraction of sp³-hybridized carbons (Fsp3) is 0.647. The Hall–Kier alpha value is -1.62. The Morgan fingerprint density at radius 3 is 2.59 bits per heavy atom. The number of carbonyl (C=O) groups is 1. The highest BCUT2D eigenvalue weighted by Gasteiger charge is 2.08. The predicted molar refractivity (Wildman–Crippen MR) is 90.3 cm³/mol. The van der Waals surface area contributed by atoms with Crippen LogP contribution in [0.4, 0.5) is 5.82 Å². The molecule has 5 nitrogen and oxygen atoms in total. The van der Waals surface area contributed by atoms with Crippen molar-refractivity contribution in [1.29, 1.82) is 0 Å². The highest BCUT2D eigenvalue weighted by Crippen LogP contribution is 2.09. The summed E-state index contributed by atoms with van der Waals surface area (Å²) in [6, 6.07) is 3.70. The molecule has 1 aliphatic heterocycles. The Morgan fingerprint density at radius 2 is 1.95 bits per heavy atom. The Kier molecular flexibility index (Phi) is 7.16. The molecule has 1 saturated heterocycles. The molecule has 1 aromatic rings. The molecule has 122 valence electrons. The SMILES string of the molecule is CCCNC(=O)c1ccc(NCCN2CCCCCC2)nc1. The predicted octanol–water partition coefficient (Wildman–Crippen LogP) is 2.51. The molecule has 22 heavy (non-hydrogen) atoms. The van der Waals surface area contributed by atoms with Crippen LogP contribution in [0.1, 0.15) is 49.4 Å². The van der Waals surface area contributed by atoms with Crippen molar-refractivity contribution in [3.8, 4) is 0 Å². The molecule has 0 radical (unpaired) electrons. The first kappa shape index (κ1) is 16.7. The fourth-order valence-electron chi connectivity index (χ4n) is 2.68. The number of anilines is 1. The highest BCUT2D eigenvalue weighted by molar-refractivity contribution is 5.93. The summed E-state index contributed by atoms with van der Waals surface area (Å²) in [4.78, 5) is 18.6. The number of amides is 1. The summed E-state index contributed by atoms with van der Waals surface area (Å²) < 4.78 is 0. The van der Waals surface area contributed by atoms with Crippen LogP contribution >= 0.6 is 0 Å². The Bertz CT molecular complexity index is 438. The second kappa shape index (κ2) is 9.41. The van der Waals surface area contributed by atoms with E-state index < -0.39 is 0 Å². The van der Waals surface area contributed by atoms with E-state index in [1.807, 2.05) is 19.1 Å². The average Bonchev–Trinajstić information content (AvgIpc) is 2.82. The number of likely N-dealkylation sites (tertiary alicyclic amines) is 1. The van der Waals surface area contributed by atoms with Gasteiger partial charge in [-0.3, -0.25) is 4.79 Å². The Morgan fingerprint density at radius 1 is 1.18 bits per heavy atom. The molecule has 0 atom stereocenters. The Balaban J connectivity index is 1.72. The molecule has 2 heterocycles. The minimum absolute atomic E-state index is 0.0505. The van der Waals surface area contributed by atoms with Gasteiger partial charge in [0.05, 0.1) is 5.56 Å². The van der Waals surface area contributed by atoms with Crippen molar-refractivity contribution in [3.63, 3.8) is 0 Å². The molecule has 1 fully saturated rings. The van der Waals surface area contributed by atoms with Crippen LogP contribution in [0, 0.1) is 0 Å². The second-order valence-electron chi connectivity index (χ2n) is 5.87. The number of aromatic nitrogens is 1. The van der Waals surface area contributed by atoms with E-state index in [-0.39, 0.29) is 5.91 Å². The van der Waals surface area contributed by atoms with Crippen LogP contribution in [0.15, 0.2) is 18.3 Å². The normalized spacial score (nSPS) is 16.0. The number of hydrogen-bond donors (Lipinski definition) is 2. The Labute approximate surface area is 133 Å².